The highest BCUT2D eigenvalue weighted by Crippen LogP contribution is 2.22. The lowest BCUT2D eigenvalue weighted by Crippen LogP contribution is -2.26. The van der Waals surface area contributed by atoms with E-state index in [1.807, 2.05) is 6.07 Å². The summed E-state index contributed by atoms with van der Waals surface area (Å²) in [5.41, 5.74) is 0.247. The molecule has 0 radical (unpaired) electrons. The molecule has 0 N–H and O–H groups in total. The van der Waals surface area contributed by atoms with Crippen molar-refractivity contribution in [3.05, 3.63) is 41.4 Å². The van der Waals surface area contributed by atoms with Crippen molar-refractivity contribution in [3.8, 4) is 6.07 Å². The molecule has 0 heterocycles. The second kappa shape index (κ2) is 5.32. The summed E-state index contributed by atoms with van der Waals surface area (Å²) < 4.78 is 25.2. The van der Waals surface area contributed by atoms with E-state index in [0.29, 0.717) is 0 Å². The number of hydrogen-bond acceptors (Lipinski definition) is 3. The minimum absolute atomic E-state index is 0.0610. The molecule has 0 saturated carbocycles. The van der Waals surface area contributed by atoms with Crippen LogP contribution in [-0.2, 0) is 10.0 Å². The van der Waals surface area contributed by atoms with Crippen molar-refractivity contribution in [2.75, 3.05) is 13.6 Å². The van der Waals surface area contributed by atoms with E-state index in [4.69, 9.17) is 16.9 Å². The number of hydrogen-bond donors (Lipinski definition) is 0. The molecule has 17 heavy (non-hydrogen) atoms. The van der Waals surface area contributed by atoms with Crippen molar-refractivity contribution in [1.82, 2.24) is 4.31 Å². The van der Waals surface area contributed by atoms with Gasteiger partial charge >= 0.3 is 0 Å². The van der Waals surface area contributed by atoms with Crippen molar-refractivity contribution < 1.29 is 8.42 Å². The summed E-state index contributed by atoms with van der Waals surface area (Å²) >= 11 is 5.79. The van der Waals surface area contributed by atoms with Gasteiger partial charge in [-0.3, -0.25) is 0 Å². The van der Waals surface area contributed by atoms with E-state index >= 15 is 0 Å². The first-order valence-corrected chi connectivity index (χ1v) is 6.52. The lowest BCUT2D eigenvalue weighted by molar-refractivity contribution is 0.499. The van der Waals surface area contributed by atoms with Crippen LogP contribution in [0.15, 0.2) is 35.7 Å². The second-order valence-corrected chi connectivity index (χ2v) is 5.78. The maximum atomic E-state index is 12.0. The van der Waals surface area contributed by atoms with Gasteiger partial charge in [0.05, 0.1) is 15.5 Å². The van der Waals surface area contributed by atoms with Crippen LogP contribution in [0.25, 0.3) is 0 Å². The molecule has 0 saturated heterocycles. The Morgan fingerprint density at radius 1 is 1.59 bits per heavy atom. The normalized spacial score (nSPS) is 11.2. The van der Waals surface area contributed by atoms with Crippen LogP contribution >= 0.6 is 11.6 Å². The second-order valence-electron chi connectivity index (χ2n) is 3.33. The lowest BCUT2D eigenvalue weighted by atomic mass is 10.2. The Morgan fingerprint density at radius 2 is 2.24 bits per heavy atom. The summed E-state index contributed by atoms with van der Waals surface area (Å²) in [6, 6.07) is 5.89. The molecule has 0 aliphatic rings. The average Bonchev–Trinajstić information content (AvgIpc) is 2.29. The van der Waals surface area contributed by atoms with Gasteiger partial charge in [0, 0.05) is 13.6 Å². The molecule has 0 spiro atoms. The number of nitrogens with zero attached hydrogens (tertiary/aromatic N) is 2. The van der Waals surface area contributed by atoms with Crippen molar-refractivity contribution in [3.63, 3.8) is 0 Å². The fourth-order valence-corrected chi connectivity index (χ4v) is 2.66. The summed E-state index contributed by atoms with van der Waals surface area (Å²) in [6.45, 7) is 3.69. The predicted octanol–water partition coefficient (Wildman–Crippen LogP) is 2.02. The number of nitriles is 1. The van der Waals surface area contributed by atoms with E-state index in [1.165, 1.54) is 31.3 Å². The van der Waals surface area contributed by atoms with Crippen molar-refractivity contribution in [1.29, 1.82) is 5.26 Å². The molecule has 90 valence electrons. The zero-order valence-electron chi connectivity index (χ0n) is 9.22. The SMILES string of the molecule is C=CCN(C)S(=O)(=O)c1ccc(C#N)c(Cl)c1. The van der Waals surface area contributed by atoms with E-state index in [-0.39, 0.29) is 22.0 Å². The molecule has 0 atom stereocenters. The smallest absolute Gasteiger partial charge is 0.207 e. The minimum atomic E-state index is -3.58. The molecular formula is C11H11ClN2O2S. The molecule has 0 aliphatic carbocycles. The van der Waals surface area contributed by atoms with E-state index in [9.17, 15) is 8.42 Å². The van der Waals surface area contributed by atoms with Crippen LogP contribution < -0.4 is 0 Å². The van der Waals surface area contributed by atoms with Gasteiger partial charge in [0.1, 0.15) is 6.07 Å². The standard InChI is InChI=1S/C11H11ClN2O2S/c1-3-6-14(2)17(15,16)10-5-4-9(8-13)11(12)7-10/h3-5,7H,1,6H2,2H3. The Labute approximate surface area is 106 Å². The largest absolute Gasteiger partial charge is 0.243 e. The molecule has 1 rings (SSSR count). The summed E-state index contributed by atoms with van der Waals surface area (Å²) in [6.07, 6.45) is 1.49. The first-order chi connectivity index (χ1) is 7.93. The van der Waals surface area contributed by atoms with Gasteiger partial charge in [-0.05, 0) is 18.2 Å². The zero-order chi connectivity index (χ0) is 13.1. The van der Waals surface area contributed by atoms with Crippen LogP contribution in [0.2, 0.25) is 5.02 Å². The highest BCUT2D eigenvalue weighted by atomic mass is 35.5. The highest BCUT2D eigenvalue weighted by Gasteiger charge is 2.20. The van der Waals surface area contributed by atoms with Crippen molar-refractivity contribution >= 4 is 21.6 Å². The molecule has 0 bridgehead atoms. The Morgan fingerprint density at radius 3 is 2.71 bits per heavy atom. The van der Waals surface area contributed by atoms with Gasteiger partial charge in [0.2, 0.25) is 10.0 Å². The molecule has 4 nitrogen and oxygen atoms in total. The number of rotatable bonds is 4. The number of benzene rings is 1. The molecule has 0 amide bonds. The molecular weight excluding hydrogens is 260 g/mol. The molecule has 0 unspecified atom stereocenters. The highest BCUT2D eigenvalue weighted by molar-refractivity contribution is 7.89. The first kappa shape index (κ1) is 13.7. The summed E-state index contributed by atoms with van der Waals surface area (Å²) in [7, 11) is -2.13. The van der Waals surface area contributed by atoms with Crippen LogP contribution in [0.5, 0.6) is 0 Å². The van der Waals surface area contributed by atoms with Crippen LogP contribution in [0.1, 0.15) is 5.56 Å². The fourth-order valence-electron chi connectivity index (χ4n) is 1.21. The van der Waals surface area contributed by atoms with Crippen LogP contribution in [-0.4, -0.2) is 26.3 Å². The van der Waals surface area contributed by atoms with Gasteiger partial charge in [-0.15, -0.1) is 6.58 Å². The van der Waals surface area contributed by atoms with Crippen LogP contribution in [0.4, 0.5) is 0 Å². The topological polar surface area (TPSA) is 61.2 Å². The Bertz CT molecular complexity index is 576. The Balaban J connectivity index is 3.22. The molecule has 1 aromatic carbocycles. The number of sulfonamides is 1. The summed E-state index contributed by atoms with van der Waals surface area (Å²) in [5.74, 6) is 0. The van der Waals surface area contributed by atoms with E-state index in [0.717, 1.165) is 4.31 Å². The van der Waals surface area contributed by atoms with E-state index < -0.39 is 10.0 Å². The first-order valence-electron chi connectivity index (χ1n) is 4.70. The number of likely N-dealkylation sites (N-methyl/N-ethyl adjacent to an activating group) is 1. The minimum Gasteiger partial charge on any atom is -0.207 e. The van der Waals surface area contributed by atoms with Gasteiger partial charge in [-0.1, -0.05) is 17.7 Å². The molecule has 6 heteroatoms. The molecule has 0 fully saturated rings. The Hall–Kier alpha value is -1.35. The lowest BCUT2D eigenvalue weighted by Gasteiger charge is -2.15. The average molecular weight is 271 g/mol. The van der Waals surface area contributed by atoms with Crippen molar-refractivity contribution in [2.45, 2.75) is 4.90 Å². The number of halogens is 1. The van der Waals surface area contributed by atoms with Crippen molar-refractivity contribution in [2.24, 2.45) is 0 Å². The molecule has 0 aromatic heterocycles. The monoisotopic (exact) mass is 270 g/mol. The summed E-state index contributed by atoms with van der Waals surface area (Å²) in [4.78, 5) is 0.0610. The van der Waals surface area contributed by atoms with Gasteiger partial charge in [-0.2, -0.15) is 9.57 Å². The van der Waals surface area contributed by atoms with E-state index in [2.05, 4.69) is 6.58 Å². The fraction of sp³-hybridized carbons (Fsp3) is 0.182. The molecule has 1 aromatic rings. The maximum Gasteiger partial charge on any atom is 0.243 e. The zero-order valence-corrected chi connectivity index (χ0v) is 10.8. The van der Waals surface area contributed by atoms with Gasteiger partial charge in [0.15, 0.2) is 0 Å². The van der Waals surface area contributed by atoms with Gasteiger partial charge in [0.25, 0.3) is 0 Å². The summed E-state index contributed by atoms with van der Waals surface area (Å²) in [5, 5.41) is 8.82. The van der Waals surface area contributed by atoms with E-state index in [1.54, 1.807) is 0 Å². The molecule has 0 aliphatic heterocycles. The van der Waals surface area contributed by atoms with Crippen LogP contribution in [0.3, 0.4) is 0 Å². The quantitative estimate of drug-likeness (QED) is 0.787. The van der Waals surface area contributed by atoms with Gasteiger partial charge in [-0.25, -0.2) is 8.42 Å². The Kier molecular flexibility index (Phi) is 4.29. The van der Waals surface area contributed by atoms with Gasteiger partial charge < -0.3 is 0 Å². The predicted molar refractivity (Wildman–Crippen MR) is 66.2 cm³/mol. The van der Waals surface area contributed by atoms with Crippen LogP contribution in [0, 0.1) is 11.3 Å². The maximum absolute atomic E-state index is 12.0. The third-order valence-corrected chi connectivity index (χ3v) is 4.29. The third kappa shape index (κ3) is 2.86. The third-order valence-electron chi connectivity index (χ3n) is 2.16.